The van der Waals surface area contributed by atoms with Crippen molar-refractivity contribution in [2.24, 2.45) is 0 Å². The molecule has 3 aromatic rings. The number of sulfonamides is 1. The molecule has 11 heteroatoms. The number of rotatable bonds is 11. The van der Waals surface area contributed by atoms with Crippen LogP contribution in [0.3, 0.4) is 0 Å². The number of amides is 2. The van der Waals surface area contributed by atoms with Gasteiger partial charge in [-0.3, -0.25) is 13.9 Å². The monoisotopic (exact) mass is 619 g/mol. The molecular weight excluding hydrogens is 585 g/mol. The number of benzene rings is 3. The molecule has 1 unspecified atom stereocenters. The molecule has 8 nitrogen and oxygen atoms in total. The van der Waals surface area contributed by atoms with Crippen molar-refractivity contribution in [2.75, 3.05) is 18.0 Å². The van der Waals surface area contributed by atoms with Crippen LogP contribution in [0.5, 0.6) is 5.75 Å². The molecule has 0 aliphatic carbocycles. The summed E-state index contributed by atoms with van der Waals surface area (Å²) in [5, 5.41) is 3.54. The highest BCUT2D eigenvalue weighted by Crippen LogP contribution is 2.32. The van der Waals surface area contributed by atoms with Crippen LogP contribution in [0, 0.1) is 0 Å². The van der Waals surface area contributed by atoms with Gasteiger partial charge in [0.05, 0.1) is 22.7 Å². The Bertz CT molecular complexity index is 1480. The Labute approximate surface area is 252 Å². The van der Waals surface area contributed by atoms with E-state index in [9.17, 15) is 18.0 Å². The van der Waals surface area contributed by atoms with Crippen LogP contribution in [-0.2, 0) is 26.2 Å². The van der Waals surface area contributed by atoms with Gasteiger partial charge in [-0.05, 0) is 69.2 Å². The van der Waals surface area contributed by atoms with Crippen LogP contribution in [0.15, 0.2) is 77.7 Å². The highest BCUT2D eigenvalue weighted by Gasteiger charge is 2.35. The van der Waals surface area contributed by atoms with E-state index < -0.39 is 34.1 Å². The minimum Gasteiger partial charge on any atom is -0.495 e. The molecule has 0 radical (unpaired) electrons. The molecule has 0 fully saturated rings. The summed E-state index contributed by atoms with van der Waals surface area (Å²) in [7, 11) is -2.77. The van der Waals surface area contributed by atoms with Gasteiger partial charge in [-0.15, -0.1) is 0 Å². The van der Waals surface area contributed by atoms with Crippen LogP contribution < -0.4 is 14.4 Å². The lowest BCUT2D eigenvalue weighted by Crippen LogP contribution is -2.55. The second kappa shape index (κ2) is 13.6. The number of nitrogens with one attached hydrogen (secondary N) is 1. The predicted octanol–water partition coefficient (Wildman–Crippen LogP) is 5.92. The van der Waals surface area contributed by atoms with E-state index in [2.05, 4.69) is 5.32 Å². The summed E-state index contributed by atoms with van der Waals surface area (Å²) in [6, 6.07) is 18.4. The Balaban J connectivity index is 2.11. The maximum absolute atomic E-state index is 14.1. The SMILES string of the molecule is CCC(C(=O)NC(C)(C)C)N(Cc1ccccc1Cl)C(=O)CN(c1ccc(OC)c(Cl)c1)S(=O)(=O)c1ccccc1. The number of carbonyl (C=O) groups excluding carboxylic acids is 2. The standard InChI is InChI=1S/C30H35Cl2N3O5S/c1-6-26(29(37)33-30(2,3)4)34(19-21-12-10-11-15-24(21)31)28(36)20-35(22-16-17-27(40-5)25(32)18-22)41(38,39)23-13-8-7-9-14-23/h7-18,26H,6,19-20H2,1-5H3,(H,33,37). The first-order valence-electron chi connectivity index (χ1n) is 13.0. The second-order valence-corrected chi connectivity index (χ2v) is 13.1. The van der Waals surface area contributed by atoms with Crippen molar-refractivity contribution in [1.29, 1.82) is 0 Å². The molecule has 0 saturated carbocycles. The summed E-state index contributed by atoms with van der Waals surface area (Å²) in [6.45, 7) is 6.74. The van der Waals surface area contributed by atoms with Gasteiger partial charge in [0.15, 0.2) is 0 Å². The summed E-state index contributed by atoms with van der Waals surface area (Å²) < 4.78 is 34.0. The van der Waals surface area contributed by atoms with E-state index in [0.717, 1.165) is 4.31 Å². The van der Waals surface area contributed by atoms with Crippen molar-refractivity contribution < 1.29 is 22.7 Å². The molecule has 0 bridgehead atoms. The van der Waals surface area contributed by atoms with Gasteiger partial charge in [0.1, 0.15) is 18.3 Å². The second-order valence-electron chi connectivity index (χ2n) is 10.4. The molecule has 0 aliphatic heterocycles. The Kier molecular flexibility index (Phi) is 10.7. The van der Waals surface area contributed by atoms with Gasteiger partial charge in [0, 0.05) is 17.1 Å². The summed E-state index contributed by atoms with van der Waals surface area (Å²) in [5.74, 6) is -0.596. The third-order valence-corrected chi connectivity index (χ3v) is 8.67. The van der Waals surface area contributed by atoms with Crippen LogP contribution in [0.2, 0.25) is 10.0 Å². The molecule has 0 saturated heterocycles. The van der Waals surface area contributed by atoms with E-state index >= 15 is 0 Å². The summed E-state index contributed by atoms with van der Waals surface area (Å²) in [6.07, 6.45) is 0.290. The van der Waals surface area contributed by atoms with Crippen molar-refractivity contribution in [2.45, 2.75) is 57.1 Å². The first kappa shape index (κ1) is 32.2. The van der Waals surface area contributed by atoms with Crippen molar-refractivity contribution in [1.82, 2.24) is 10.2 Å². The molecule has 41 heavy (non-hydrogen) atoms. The van der Waals surface area contributed by atoms with Gasteiger partial charge < -0.3 is 15.0 Å². The number of halogens is 2. The van der Waals surface area contributed by atoms with Crippen LogP contribution >= 0.6 is 23.2 Å². The molecular formula is C30H35Cl2N3O5S. The molecule has 3 rings (SSSR count). The smallest absolute Gasteiger partial charge is 0.264 e. The predicted molar refractivity (Wildman–Crippen MR) is 163 cm³/mol. The molecule has 0 aromatic heterocycles. The van der Waals surface area contributed by atoms with Gasteiger partial charge >= 0.3 is 0 Å². The Morgan fingerprint density at radius 2 is 1.59 bits per heavy atom. The van der Waals surface area contributed by atoms with Gasteiger partial charge in [-0.2, -0.15) is 0 Å². The van der Waals surface area contributed by atoms with Gasteiger partial charge in [-0.1, -0.05) is 66.5 Å². The van der Waals surface area contributed by atoms with Crippen molar-refractivity contribution in [3.8, 4) is 5.75 Å². The zero-order valence-corrected chi connectivity index (χ0v) is 26.1. The topological polar surface area (TPSA) is 96.0 Å². The van der Waals surface area contributed by atoms with Crippen LogP contribution in [-0.4, -0.2) is 50.4 Å². The van der Waals surface area contributed by atoms with Crippen molar-refractivity contribution >= 4 is 50.7 Å². The van der Waals surface area contributed by atoms with E-state index in [1.807, 2.05) is 20.8 Å². The number of ether oxygens (including phenoxy) is 1. The minimum absolute atomic E-state index is 0.00281. The van der Waals surface area contributed by atoms with E-state index in [1.54, 1.807) is 49.4 Å². The van der Waals surface area contributed by atoms with Crippen LogP contribution in [0.4, 0.5) is 5.69 Å². The van der Waals surface area contributed by atoms with E-state index in [-0.39, 0.29) is 34.5 Å². The lowest BCUT2D eigenvalue weighted by atomic mass is 10.1. The fourth-order valence-corrected chi connectivity index (χ4v) is 6.12. The Morgan fingerprint density at radius 1 is 0.951 bits per heavy atom. The summed E-state index contributed by atoms with van der Waals surface area (Å²) >= 11 is 12.8. The van der Waals surface area contributed by atoms with E-state index in [4.69, 9.17) is 27.9 Å². The summed E-state index contributed by atoms with van der Waals surface area (Å²) in [4.78, 5) is 28.9. The fraction of sp³-hybridized carbons (Fsp3) is 0.333. The minimum atomic E-state index is -4.22. The maximum atomic E-state index is 14.1. The number of carbonyl (C=O) groups is 2. The average Bonchev–Trinajstić information content (AvgIpc) is 2.92. The average molecular weight is 621 g/mol. The molecule has 0 aliphatic rings. The molecule has 220 valence electrons. The van der Waals surface area contributed by atoms with E-state index in [0.29, 0.717) is 16.3 Å². The number of hydrogen-bond acceptors (Lipinski definition) is 5. The quantitative estimate of drug-likeness (QED) is 0.287. The third-order valence-electron chi connectivity index (χ3n) is 6.22. The maximum Gasteiger partial charge on any atom is 0.264 e. The molecule has 0 spiro atoms. The fourth-order valence-electron chi connectivity index (χ4n) is 4.24. The van der Waals surface area contributed by atoms with Crippen molar-refractivity contribution in [3.05, 3.63) is 88.4 Å². The molecule has 2 amide bonds. The molecule has 0 heterocycles. The highest BCUT2D eigenvalue weighted by atomic mass is 35.5. The number of methoxy groups -OCH3 is 1. The molecule has 1 N–H and O–H groups in total. The number of anilines is 1. The number of nitrogens with zero attached hydrogens (tertiary/aromatic N) is 2. The Hall–Kier alpha value is -3.27. The first-order valence-corrected chi connectivity index (χ1v) is 15.2. The normalized spacial score (nSPS) is 12.4. The first-order chi connectivity index (χ1) is 19.3. The van der Waals surface area contributed by atoms with Gasteiger partial charge in [0.2, 0.25) is 11.8 Å². The number of hydrogen-bond donors (Lipinski definition) is 1. The zero-order valence-electron chi connectivity index (χ0n) is 23.7. The molecule has 3 aromatic carbocycles. The van der Waals surface area contributed by atoms with E-state index in [1.165, 1.54) is 42.3 Å². The Morgan fingerprint density at radius 3 is 2.15 bits per heavy atom. The molecule has 1 atom stereocenters. The summed E-state index contributed by atoms with van der Waals surface area (Å²) in [5.41, 5.74) is 0.235. The highest BCUT2D eigenvalue weighted by molar-refractivity contribution is 7.92. The van der Waals surface area contributed by atoms with Gasteiger partial charge in [0.25, 0.3) is 10.0 Å². The van der Waals surface area contributed by atoms with Crippen LogP contribution in [0.25, 0.3) is 0 Å². The largest absolute Gasteiger partial charge is 0.495 e. The lowest BCUT2D eigenvalue weighted by Gasteiger charge is -2.35. The van der Waals surface area contributed by atoms with Crippen molar-refractivity contribution in [3.63, 3.8) is 0 Å². The van der Waals surface area contributed by atoms with Gasteiger partial charge in [-0.25, -0.2) is 8.42 Å². The lowest BCUT2D eigenvalue weighted by molar-refractivity contribution is -0.141. The third kappa shape index (κ3) is 8.15. The zero-order chi connectivity index (χ0) is 30.4. The van der Waals surface area contributed by atoms with Crippen LogP contribution in [0.1, 0.15) is 39.7 Å².